The number of carbonyl (C=O) groups excluding carboxylic acids is 1. The third kappa shape index (κ3) is 4.12. The van der Waals surface area contributed by atoms with Crippen LogP contribution >= 0.6 is 46.4 Å². The van der Waals surface area contributed by atoms with Crippen LogP contribution in [0.2, 0.25) is 10.0 Å². The lowest BCUT2D eigenvalue weighted by Crippen LogP contribution is -2.12. The van der Waals surface area contributed by atoms with E-state index in [4.69, 9.17) is 55.9 Å². The van der Waals surface area contributed by atoms with Crippen molar-refractivity contribution in [3.8, 4) is 0 Å². The molecule has 1 aromatic rings. The van der Waals surface area contributed by atoms with E-state index in [9.17, 15) is 13.6 Å². The van der Waals surface area contributed by atoms with E-state index in [1.807, 2.05) is 13.8 Å². The third-order valence-corrected chi connectivity index (χ3v) is 5.60. The monoisotopic (exact) mass is 446 g/mol. The van der Waals surface area contributed by atoms with Crippen LogP contribution in [-0.4, -0.2) is 13.1 Å². The lowest BCUT2D eigenvalue weighted by Gasteiger charge is -2.14. The van der Waals surface area contributed by atoms with Crippen LogP contribution in [0.15, 0.2) is 10.6 Å². The zero-order valence-electron chi connectivity index (χ0n) is 14.1. The van der Waals surface area contributed by atoms with Crippen LogP contribution in [0, 0.1) is 28.9 Å². The van der Waals surface area contributed by atoms with E-state index in [1.165, 1.54) is 7.11 Å². The molecule has 0 radical (unpaired) electrons. The minimum atomic E-state index is -0.997. The van der Waals surface area contributed by atoms with Crippen LogP contribution in [-0.2, 0) is 27.5 Å². The van der Waals surface area contributed by atoms with Gasteiger partial charge in [0.2, 0.25) is 0 Å². The van der Waals surface area contributed by atoms with Gasteiger partial charge in [-0.2, -0.15) is 0 Å². The van der Waals surface area contributed by atoms with E-state index >= 15 is 0 Å². The Bertz CT molecular complexity index is 732. The van der Waals surface area contributed by atoms with Gasteiger partial charge in [0, 0.05) is 12.7 Å². The predicted octanol–water partition coefficient (Wildman–Crippen LogP) is 6.05. The molecule has 0 bridgehead atoms. The molecule has 0 heterocycles. The molecule has 0 unspecified atom stereocenters. The van der Waals surface area contributed by atoms with Gasteiger partial charge in [0.1, 0.15) is 11.1 Å². The van der Waals surface area contributed by atoms with Crippen molar-refractivity contribution < 1.29 is 23.0 Å². The first kappa shape index (κ1) is 21.7. The highest BCUT2D eigenvalue weighted by Crippen LogP contribution is 2.60. The van der Waals surface area contributed by atoms with Crippen LogP contribution in [0.3, 0.4) is 0 Å². The van der Waals surface area contributed by atoms with Crippen LogP contribution in [0.1, 0.15) is 25.0 Å². The average Bonchev–Trinajstić information content (AvgIpc) is 3.09. The first-order valence-electron chi connectivity index (χ1n) is 7.56. The third-order valence-electron chi connectivity index (χ3n) is 4.56. The molecule has 9 heteroatoms. The Kier molecular flexibility index (Phi) is 6.84. The van der Waals surface area contributed by atoms with Crippen molar-refractivity contribution in [1.82, 2.24) is 0 Å². The highest BCUT2D eigenvalue weighted by atomic mass is 35.5. The maximum Gasteiger partial charge on any atom is 0.310 e. The van der Waals surface area contributed by atoms with Gasteiger partial charge in [-0.1, -0.05) is 60.3 Å². The van der Waals surface area contributed by atoms with Crippen molar-refractivity contribution in [3.05, 3.63) is 43.4 Å². The van der Waals surface area contributed by atoms with Gasteiger partial charge in [0.05, 0.1) is 28.1 Å². The minimum absolute atomic E-state index is 0.0577. The van der Waals surface area contributed by atoms with Gasteiger partial charge in [-0.15, -0.1) is 0 Å². The molecule has 2 atom stereocenters. The molecule has 3 nitrogen and oxygen atoms in total. The number of ether oxygens (including phenoxy) is 2. The fourth-order valence-corrected chi connectivity index (χ4v) is 3.77. The molecule has 0 spiro atoms. The van der Waals surface area contributed by atoms with Crippen molar-refractivity contribution in [2.75, 3.05) is 7.11 Å². The highest BCUT2D eigenvalue weighted by Gasteiger charge is 2.61. The summed E-state index contributed by atoms with van der Waals surface area (Å²) >= 11 is 23.1. The number of benzene rings is 1. The first-order valence-corrected chi connectivity index (χ1v) is 9.07. The number of methoxy groups -OCH3 is 1. The predicted molar refractivity (Wildman–Crippen MR) is 97.4 cm³/mol. The van der Waals surface area contributed by atoms with Crippen molar-refractivity contribution >= 4 is 52.4 Å². The Labute approximate surface area is 170 Å². The van der Waals surface area contributed by atoms with E-state index < -0.39 is 45.6 Å². The van der Waals surface area contributed by atoms with E-state index in [0.717, 1.165) is 0 Å². The molecule has 2 rings (SSSR count). The van der Waals surface area contributed by atoms with Crippen molar-refractivity contribution in [3.63, 3.8) is 0 Å². The largest absolute Gasteiger partial charge is 0.460 e. The SMILES string of the molecule is COCc1c(F)c(Cl)c(COC(=O)[C@H]2[C@H](C=C(Cl)Cl)C2(C)C)c(Cl)c1F. The van der Waals surface area contributed by atoms with Crippen LogP contribution < -0.4 is 0 Å². The zero-order chi connectivity index (χ0) is 19.8. The van der Waals surface area contributed by atoms with E-state index in [1.54, 1.807) is 6.08 Å². The second kappa shape index (κ2) is 8.19. The summed E-state index contributed by atoms with van der Waals surface area (Å²) < 4.78 is 38.4. The fourth-order valence-electron chi connectivity index (χ4n) is 2.93. The number of hydrogen-bond acceptors (Lipinski definition) is 3. The summed E-state index contributed by atoms with van der Waals surface area (Å²) in [6.07, 6.45) is 1.56. The molecule has 0 N–H and O–H groups in total. The standard InChI is InChI=1S/C17H16Cl4F2O3/c1-17(2)9(4-10(18)19)11(17)16(24)26-6-7-12(20)14(22)8(5-25-3)15(23)13(7)21/h4,9,11H,5-6H2,1-3H3/t9-,11+/m0/s1. The summed E-state index contributed by atoms with van der Waals surface area (Å²) in [5.41, 5.74) is -0.918. The quantitative estimate of drug-likeness (QED) is 0.393. The Hall–Kier alpha value is -0.590. The topological polar surface area (TPSA) is 35.5 Å². The van der Waals surface area contributed by atoms with Gasteiger partial charge in [-0.3, -0.25) is 4.79 Å². The van der Waals surface area contributed by atoms with Crippen molar-refractivity contribution in [1.29, 1.82) is 0 Å². The summed E-state index contributed by atoms with van der Waals surface area (Å²) in [7, 11) is 1.28. The molecule has 1 aliphatic rings. The second-order valence-electron chi connectivity index (χ2n) is 6.53. The molecular weight excluding hydrogens is 432 g/mol. The van der Waals surface area contributed by atoms with Gasteiger partial charge >= 0.3 is 5.97 Å². The Morgan fingerprint density at radius 1 is 1.12 bits per heavy atom. The maximum atomic E-state index is 14.2. The fraction of sp³-hybridized carbons (Fsp3) is 0.471. The van der Waals surface area contributed by atoms with E-state index in [0.29, 0.717) is 0 Å². The van der Waals surface area contributed by atoms with Gasteiger partial charge in [-0.25, -0.2) is 8.78 Å². The minimum Gasteiger partial charge on any atom is -0.460 e. The summed E-state index contributed by atoms with van der Waals surface area (Å²) in [6.45, 7) is 2.92. The molecule has 0 amide bonds. The summed E-state index contributed by atoms with van der Waals surface area (Å²) in [5.74, 6) is -3.22. The first-order chi connectivity index (χ1) is 12.0. The Morgan fingerprint density at radius 3 is 2.12 bits per heavy atom. The molecule has 144 valence electrons. The smallest absolute Gasteiger partial charge is 0.310 e. The molecule has 1 fully saturated rings. The molecule has 1 saturated carbocycles. The number of allylic oxidation sites excluding steroid dienone is 1. The molecule has 1 aliphatic carbocycles. The number of carbonyl (C=O) groups is 1. The Balaban J connectivity index is 2.18. The summed E-state index contributed by atoms with van der Waals surface area (Å²) in [5, 5.41) is -0.821. The zero-order valence-corrected chi connectivity index (χ0v) is 17.2. The van der Waals surface area contributed by atoms with Crippen LogP contribution in [0.5, 0.6) is 0 Å². The lowest BCUT2D eigenvalue weighted by atomic mass is 10.1. The van der Waals surface area contributed by atoms with Gasteiger partial charge in [0.25, 0.3) is 0 Å². The molecule has 0 aromatic heterocycles. The second-order valence-corrected chi connectivity index (χ2v) is 8.30. The Morgan fingerprint density at radius 2 is 1.65 bits per heavy atom. The molecule has 0 saturated heterocycles. The van der Waals surface area contributed by atoms with Crippen LogP contribution in [0.4, 0.5) is 8.78 Å². The number of rotatable bonds is 6. The lowest BCUT2D eigenvalue weighted by molar-refractivity contribution is -0.147. The highest BCUT2D eigenvalue weighted by molar-refractivity contribution is 6.55. The molecule has 1 aromatic carbocycles. The molecule has 26 heavy (non-hydrogen) atoms. The molecule has 0 aliphatic heterocycles. The number of esters is 1. The maximum absolute atomic E-state index is 14.2. The normalized spacial score (nSPS) is 20.7. The van der Waals surface area contributed by atoms with Gasteiger partial charge in [-0.05, 0) is 17.4 Å². The van der Waals surface area contributed by atoms with E-state index in [-0.39, 0.29) is 28.1 Å². The number of halogens is 6. The van der Waals surface area contributed by atoms with Gasteiger partial charge < -0.3 is 9.47 Å². The van der Waals surface area contributed by atoms with E-state index in [2.05, 4.69) is 0 Å². The summed E-state index contributed by atoms with van der Waals surface area (Å²) in [4.78, 5) is 12.3. The van der Waals surface area contributed by atoms with Crippen LogP contribution in [0.25, 0.3) is 0 Å². The van der Waals surface area contributed by atoms with Crippen molar-refractivity contribution in [2.24, 2.45) is 17.3 Å². The number of hydrogen-bond donors (Lipinski definition) is 0. The average molecular weight is 448 g/mol. The van der Waals surface area contributed by atoms with Crippen molar-refractivity contribution in [2.45, 2.75) is 27.1 Å². The summed E-state index contributed by atoms with van der Waals surface area (Å²) in [6, 6.07) is 0. The molecular formula is C17H16Cl4F2O3. The van der Waals surface area contributed by atoms with Gasteiger partial charge in [0.15, 0.2) is 11.6 Å².